The van der Waals surface area contributed by atoms with Crippen LogP contribution in [-0.4, -0.2) is 16.7 Å². The van der Waals surface area contributed by atoms with E-state index in [4.69, 9.17) is 4.52 Å². The van der Waals surface area contributed by atoms with Crippen LogP contribution >= 0.6 is 0 Å². The largest absolute Gasteiger partial charge is 0.338 e. The molecule has 1 aromatic heterocycles. The smallest absolute Gasteiger partial charge is 0.321 e. The molecule has 106 valence electrons. The summed E-state index contributed by atoms with van der Waals surface area (Å²) in [5.41, 5.74) is 1.25. The first-order valence-electron chi connectivity index (χ1n) is 7.49. The fourth-order valence-electron chi connectivity index (χ4n) is 3.10. The first-order valence-corrected chi connectivity index (χ1v) is 7.49. The molecule has 0 amide bonds. The summed E-state index contributed by atoms with van der Waals surface area (Å²) < 4.78 is 5.35. The van der Waals surface area contributed by atoms with Crippen LogP contribution in [0, 0.1) is 0 Å². The van der Waals surface area contributed by atoms with E-state index in [1.54, 1.807) is 0 Å². The minimum absolute atomic E-state index is 0.0586. The number of rotatable bonds is 5. The van der Waals surface area contributed by atoms with Gasteiger partial charge in [0, 0.05) is 6.54 Å². The Hall–Kier alpha value is -1.84. The number of aromatic nitrogens is 2. The van der Waals surface area contributed by atoms with Crippen molar-refractivity contribution < 1.29 is 4.52 Å². The number of hydrogen-bond acceptors (Lipinski definition) is 4. The van der Waals surface area contributed by atoms with E-state index in [0.29, 0.717) is 6.01 Å². The zero-order chi connectivity index (χ0) is 13.8. The van der Waals surface area contributed by atoms with Crippen LogP contribution in [0.2, 0.25) is 0 Å². The van der Waals surface area contributed by atoms with E-state index in [0.717, 1.165) is 31.6 Å². The van der Waals surface area contributed by atoms with Gasteiger partial charge >= 0.3 is 6.01 Å². The summed E-state index contributed by atoms with van der Waals surface area (Å²) in [5, 5.41) is 7.42. The molecule has 1 saturated carbocycles. The van der Waals surface area contributed by atoms with Gasteiger partial charge in [0.15, 0.2) is 5.82 Å². The Bertz CT molecular complexity index is 544. The first kappa shape index (κ1) is 13.2. The third-order valence-electron chi connectivity index (χ3n) is 4.16. The molecular weight excluding hydrogens is 250 g/mol. The van der Waals surface area contributed by atoms with E-state index in [1.807, 2.05) is 0 Å². The molecule has 1 aliphatic carbocycles. The van der Waals surface area contributed by atoms with Gasteiger partial charge in [0.1, 0.15) is 0 Å². The van der Waals surface area contributed by atoms with Crippen molar-refractivity contribution in [2.75, 3.05) is 11.9 Å². The molecule has 1 heterocycles. The predicted molar refractivity (Wildman–Crippen MR) is 78.8 cm³/mol. The Morgan fingerprint density at radius 3 is 2.65 bits per heavy atom. The summed E-state index contributed by atoms with van der Waals surface area (Å²) in [5.74, 6) is 0.833. The molecule has 4 heteroatoms. The quantitative estimate of drug-likeness (QED) is 0.899. The Kier molecular flexibility index (Phi) is 3.72. The summed E-state index contributed by atoms with van der Waals surface area (Å²) >= 11 is 0. The minimum atomic E-state index is -0.0586. The lowest BCUT2D eigenvalue weighted by Gasteiger charge is -2.25. The highest BCUT2D eigenvalue weighted by Crippen LogP contribution is 2.45. The lowest BCUT2D eigenvalue weighted by molar-refractivity contribution is 0.395. The Labute approximate surface area is 119 Å². The van der Waals surface area contributed by atoms with Crippen LogP contribution in [0.25, 0.3) is 0 Å². The van der Waals surface area contributed by atoms with Crippen molar-refractivity contribution in [1.82, 2.24) is 10.1 Å². The van der Waals surface area contributed by atoms with E-state index < -0.39 is 0 Å². The summed E-state index contributed by atoms with van der Waals surface area (Å²) in [6.45, 7) is 2.98. The lowest BCUT2D eigenvalue weighted by atomic mass is 9.78. The highest BCUT2D eigenvalue weighted by molar-refractivity contribution is 5.35. The third kappa shape index (κ3) is 2.30. The van der Waals surface area contributed by atoms with Crippen molar-refractivity contribution in [3.63, 3.8) is 0 Å². The van der Waals surface area contributed by atoms with E-state index in [2.05, 4.69) is 52.7 Å². The molecular formula is C16H21N3O. The van der Waals surface area contributed by atoms with Crippen LogP contribution in [0.5, 0.6) is 0 Å². The maximum Gasteiger partial charge on any atom is 0.321 e. The van der Waals surface area contributed by atoms with E-state index in [-0.39, 0.29) is 5.41 Å². The van der Waals surface area contributed by atoms with Crippen molar-refractivity contribution in [3.8, 4) is 0 Å². The second kappa shape index (κ2) is 5.65. The molecule has 0 unspecified atom stereocenters. The summed E-state index contributed by atoms with van der Waals surface area (Å²) in [6, 6.07) is 11.1. The maximum absolute atomic E-state index is 5.35. The van der Waals surface area contributed by atoms with Gasteiger partial charge in [-0.2, -0.15) is 4.98 Å². The van der Waals surface area contributed by atoms with Gasteiger partial charge in [-0.05, 0) is 24.8 Å². The number of benzene rings is 1. The van der Waals surface area contributed by atoms with Crippen molar-refractivity contribution in [2.24, 2.45) is 0 Å². The second-order valence-electron chi connectivity index (χ2n) is 5.51. The number of hydrogen-bond donors (Lipinski definition) is 1. The highest BCUT2D eigenvalue weighted by atomic mass is 16.5. The molecule has 2 aromatic rings. The molecule has 1 aliphatic rings. The predicted octanol–water partition coefficient (Wildman–Crippen LogP) is 3.75. The third-order valence-corrected chi connectivity index (χ3v) is 4.16. The molecule has 1 fully saturated rings. The molecule has 1 N–H and O–H groups in total. The SMILES string of the molecule is CCCNc1nc(C2(c3ccccc3)CCCC2)no1. The van der Waals surface area contributed by atoms with Crippen LogP contribution in [0.15, 0.2) is 34.9 Å². The van der Waals surface area contributed by atoms with Gasteiger partial charge in [0.05, 0.1) is 5.41 Å². The molecule has 0 aliphatic heterocycles. The average molecular weight is 271 g/mol. The van der Waals surface area contributed by atoms with Gasteiger partial charge in [-0.15, -0.1) is 0 Å². The second-order valence-corrected chi connectivity index (χ2v) is 5.51. The van der Waals surface area contributed by atoms with Crippen LogP contribution < -0.4 is 5.32 Å². The molecule has 0 atom stereocenters. The lowest BCUT2D eigenvalue weighted by Crippen LogP contribution is -2.25. The van der Waals surface area contributed by atoms with Gasteiger partial charge in [0.25, 0.3) is 0 Å². The fourth-order valence-corrected chi connectivity index (χ4v) is 3.10. The van der Waals surface area contributed by atoms with Crippen LogP contribution in [0.1, 0.15) is 50.4 Å². The maximum atomic E-state index is 5.35. The first-order chi connectivity index (χ1) is 9.85. The van der Waals surface area contributed by atoms with Crippen molar-refractivity contribution >= 4 is 6.01 Å². The monoisotopic (exact) mass is 271 g/mol. The molecule has 0 saturated heterocycles. The highest BCUT2D eigenvalue weighted by Gasteiger charge is 2.41. The average Bonchev–Trinajstić information content (AvgIpc) is 3.16. The summed E-state index contributed by atoms with van der Waals surface area (Å²) in [6.07, 6.45) is 5.69. The fraction of sp³-hybridized carbons (Fsp3) is 0.500. The topological polar surface area (TPSA) is 51.0 Å². The molecule has 1 aromatic carbocycles. The Balaban J connectivity index is 1.93. The molecule has 0 bridgehead atoms. The van der Waals surface area contributed by atoms with Crippen molar-refractivity contribution in [1.29, 1.82) is 0 Å². The molecule has 0 radical (unpaired) electrons. The summed E-state index contributed by atoms with van der Waals surface area (Å²) in [4.78, 5) is 4.59. The number of anilines is 1. The minimum Gasteiger partial charge on any atom is -0.338 e. The van der Waals surface area contributed by atoms with Crippen molar-refractivity contribution in [3.05, 3.63) is 41.7 Å². The van der Waals surface area contributed by atoms with E-state index in [9.17, 15) is 0 Å². The standard InChI is InChI=1S/C16H21N3O/c1-2-12-17-15-18-14(19-20-15)16(10-6-7-11-16)13-8-4-3-5-9-13/h3-5,8-9H,2,6-7,10-12H2,1H3,(H,17,18,19). The molecule has 20 heavy (non-hydrogen) atoms. The van der Waals surface area contributed by atoms with Gasteiger partial charge in [0.2, 0.25) is 0 Å². The van der Waals surface area contributed by atoms with Crippen LogP contribution in [0.4, 0.5) is 6.01 Å². The van der Waals surface area contributed by atoms with E-state index >= 15 is 0 Å². The van der Waals surface area contributed by atoms with Gasteiger partial charge < -0.3 is 9.84 Å². The Morgan fingerprint density at radius 2 is 1.95 bits per heavy atom. The zero-order valence-electron chi connectivity index (χ0n) is 11.9. The molecule has 3 rings (SSSR count). The van der Waals surface area contributed by atoms with Gasteiger partial charge in [-0.25, -0.2) is 0 Å². The number of nitrogens with one attached hydrogen (secondary N) is 1. The zero-order valence-corrected chi connectivity index (χ0v) is 11.9. The van der Waals surface area contributed by atoms with E-state index in [1.165, 1.54) is 18.4 Å². The normalized spacial score (nSPS) is 17.2. The van der Waals surface area contributed by atoms with Gasteiger partial charge in [-0.3, -0.25) is 0 Å². The van der Waals surface area contributed by atoms with Gasteiger partial charge in [-0.1, -0.05) is 55.3 Å². The molecule has 4 nitrogen and oxygen atoms in total. The van der Waals surface area contributed by atoms with Crippen LogP contribution in [-0.2, 0) is 5.41 Å². The van der Waals surface area contributed by atoms with Crippen molar-refractivity contribution in [2.45, 2.75) is 44.4 Å². The Morgan fingerprint density at radius 1 is 1.20 bits per heavy atom. The molecule has 0 spiro atoms. The van der Waals surface area contributed by atoms with Crippen LogP contribution in [0.3, 0.4) is 0 Å². The summed E-state index contributed by atoms with van der Waals surface area (Å²) in [7, 11) is 0. The number of nitrogens with zero attached hydrogens (tertiary/aromatic N) is 2.